The second-order valence-electron chi connectivity index (χ2n) is 3.00. The molecule has 0 aliphatic carbocycles. The standard InChI is InChI=1S/2C4H9.V.Y/c2*1-4(2)3;;/h2*1-3H3;;/q2*-1;;. The molecule has 0 amide bonds. The average molecular weight is 254 g/mol. The maximum atomic E-state index is 2.08. The summed E-state index contributed by atoms with van der Waals surface area (Å²) in [5.74, 6) is 2.83. The van der Waals surface area contributed by atoms with Gasteiger partial charge in [0, 0.05) is 51.3 Å². The molecule has 0 rings (SSSR count). The van der Waals surface area contributed by atoms with E-state index in [1.807, 2.05) is 0 Å². The third-order valence-electron chi connectivity index (χ3n) is 0. The fourth-order valence-corrected chi connectivity index (χ4v) is 0. The molecule has 0 aromatic heterocycles. The van der Waals surface area contributed by atoms with Gasteiger partial charge in [-0.1, -0.05) is 0 Å². The molecule has 10 heavy (non-hydrogen) atoms. The number of hydrogen-bond donors (Lipinski definition) is 0. The zero-order valence-corrected chi connectivity index (χ0v) is 12.3. The van der Waals surface area contributed by atoms with Crippen molar-refractivity contribution >= 4 is 0 Å². The van der Waals surface area contributed by atoms with E-state index in [9.17, 15) is 0 Å². The molecule has 0 aliphatic heterocycles. The molecule has 2 radical (unpaired) electrons. The van der Waals surface area contributed by atoms with Crippen LogP contribution in [0.15, 0.2) is 0 Å². The molecule has 0 fully saturated rings. The monoisotopic (exact) mass is 254 g/mol. The Morgan fingerprint density at radius 1 is 0.600 bits per heavy atom. The van der Waals surface area contributed by atoms with Gasteiger partial charge < -0.3 is 11.8 Å². The fourth-order valence-electron chi connectivity index (χ4n) is 0. The summed E-state index contributed by atoms with van der Waals surface area (Å²) >= 11 is 0. The van der Waals surface area contributed by atoms with Gasteiger partial charge in [0.05, 0.1) is 0 Å². The van der Waals surface area contributed by atoms with Gasteiger partial charge in [-0.25, -0.2) is 0 Å². The molecule has 0 bridgehead atoms. The smallest absolute Gasteiger partial charge is 0 e. The summed E-state index contributed by atoms with van der Waals surface area (Å²) in [5.41, 5.74) is 0. The van der Waals surface area contributed by atoms with Crippen molar-refractivity contribution in [2.75, 3.05) is 0 Å². The van der Waals surface area contributed by atoms with Crippen molar-refractivity contribution in [3.8, 4) is 0 Å². The van der Waals surface area contributed by atoms with Gasteiger partial charge in [0.1, 0.15) is 0 Å². The molecule has 0 nitrogen and oxygen atoms in total. The summed E-state index contributed by atoms with van der Waals surface area (Å²) < 4.78 is 0. The van der Waals surface area contributed by atoms with Crippen LogP contribution in [0.3, 0.4) is 0 Å². The SMILES string of the molecule is C[C-](C)C.C[C-](C)C.[V].[Y]. The van der Waals surface area contributed by atoms with E-state index < -0.39 is 0 Å². The molecule has 2 heteroatoms. The first kappa shape index (κ1) is 22.6. The van der Waals surface area contributed by atoms with Gasteiger partial charge in [-0.15, -0.1) is 0 Å². The minimum absolute atomic E-state index is 0. The quantitative estimate of drug-likeness (QED) is 0.582. The number of rotatable bonds is 0. The van der Waals surface area contributed by atoms with Crippen molar-refractivity contribution < 1.29 is 51.3 Å². The second-order valence-corrected chi connectivity index (χ2v) is 3.00. The van der Waals surface area contributed by atoms with E-state index in [-0.39, 0.29) is 51.3 Å². The normalized spacial score (nSPS) is 7.20. The van der Waals surface area contributed by atoms with Crippen LogP contribution in [0.1, 0.15) is 41.5 Å². The first-order valence-electron chi connectivity index (χ1n) is 3.00. The van der Waals surface area contributed by atoms with E-state index in [4.69, 9.17) is 0 Å². The molecule has 0 saturated carbocycles. The van der Waals surface area contributed by atoms with Crippen LogP contribution < -0.4 is 0 Å². The zero-order chi connectivity index (χ0) is 7.15. The Hall–Kier alpha value is 1.69. The molecule has 0 unspecified atom stereocenters. The molecule has 0 atom stereocenters. The van der Waals surface area contributed by atoms with Gasteiger partial charge in [-0.3, -0.25) is 0 Å². The first-order chi connectivity index (χ1) is 3.46. The molecule has 0 aliphatic rings. The molecule has 0 heterocycles. The summed E-state index contributed by atoms with van der Waals surface area (Å²) in [5, 5.41) is 0. The van der Waals surface area contributed by atoms with Crippen molar-refractivity contribution in [2.24, 2.45) is 0 Å². The van der Waals surface area contributed by atoms with Crippen LogP contribution in [0, 0.1) is 11.8 Å². The third kappa shape index (κ3) is 257. The summed E-state index contributed by atoms with van der Waals surface area (Å²) in [4.78, 5) is 0. The molecule has 0 spiro atoms. The van der Waals surface area contributed by atoms with Gasteiger partial charge in [0.15, 0.2) is 0 Å². The van der Waals surface area contributed by atoms with Crippen molar-refractivity contribution in [3.05, 3.63) is 11.8 Å². The summed E-state index contributed by atoms with van der Waals surface area (Å²) in [7, 11) is 0. The van der Waals surface area contributed by atoms with Crippen LogP contribution in [0.25, 0.3) is 0 Å². The van der Waals surface area contributed by atoms with E-state index in [0.29, 0.717) is 0 Å². The Kier molecular flexibility index (Phi) is 38.3. The molecule has 60 valence electrons. The van der Waals surface area contributed by atoms with Crippen LogP contribution >= 0.6 is 0 Å². The van der Waals surface area contributed by atoms with Gasteiger partial charge in [0.2, 0.25) is 0 Å². The maximum absolute atomic E-state index is 2.08. The van der Waals surface area contributed by atoms with E-state index in [2.05, 4.69) is 41.5 Å². The van der Waals surface area contributed by atoms with Crippen molar-refractivity contribution in [2.45, 2.75) is 41.5 Å². The Morgan fingerprint density at radius 2 is 0.600 bits per heavy atom. The minimum Gasteiger partial charge on any atom is -0.323 e. The predicted molar refractivity (Wildman–Crippen MR) is 40.5 cm³/mol. The second kappa shape index (κ2) is 17.0. The molecule has 0 aromatic carbocycles. The van der Waals surface area contributed by atoms with Crippen molar-refractivity contribution in [3.63, 3.8) is 0 Å². The van der Waals surface area contributed by atoms with Crippen LogP contribution in [-0.4, -0.2) is 0 Å². The van der Waals surface area contributed by atoms with Crippen LogP contribution in [0.5, 0.6) is 0 Å². The average Bonchev–Trinajstić information content (AvgIpc) is 1.25. The van der Waals surface area contributed by atoms with Gasteiger partial charge >= 0.3 is 0 Å². The summed E-state index contributed by atoms with van der Waals surface area (Å²) in [6, 6.07) is 0. The van der Waals surface area contributed by atoms with Gasteiger partial charge in [-0.05, 0) is 0 Å². The van der Waals surface area contributed by atoms with E-state index in [1.54, 1.807) is 0 Å². The van der Waals surface area contributed by atoms with Crippen molar-refractivity contribution in [1.82, 2.24) is 0 Å². The third-order valence-corrected chi connectivity index (χ3v) is 0. The minimum atomic E-state index is 0. The molecular weight excluding hydrogens is 236 g/mol. The molecule has 0 saturated heterocycles. The maximum Gasteiger partial charge on any atom is 0 e. The Balaban J connectivity index is -0.0000000300. The van der Waals surface area contributed by atoms with Crippen LogP contribution in [0.4, 0.5) is 0 Å². The van der Waals surface area contributed by atoms with Crippen LogP contribution in [-0.2, 0) is 51.3 Å². The van der Waals surface area contributed by atoms with Gasteiger partial charge in [0.25, 0.3) is 0 Å². The summed E-state index contributed by atoms with van der Waals surface area (Å²) in [6.45, 7) is 12.5. The van der Waals surface area contributed by atoms with Crippen molar-refractivity contribution in [1.29, 1.82) is 0 Å². The molecule has 0 N–H and O–H groups in total. The van der Waals surface area contributed by atoms with Crippen LogP contribution in [0.2, 0.25) is 0 Å². The zero-order valence-electron chi connectivity index (χ0n) is 8.02. The number of hydrogen-bond acceptors (Lipinski definition) is 0. The van der Waals surface area contributed by atoms with Gasteiger partial charge in [-0.2, -0.15) is 41.5 Å². The van der Waals surface area contributed by atoms with E-state index in [1.165, 1.54) is 11.8 Å². The Labute approximate surface area is 104 Å². The molecule has 0 aromatic rings. The predicted octanol–water partition coefficient (Wildman–Crippen LogP) is 3.24. The van der Waals surface area contributed by atoms with E-state index in [0.717, 1.165) is 0 Å². The first-order valence-corrected chi connectivity index (χ1v) is 3.00. The largest absolute Gasteiger partial charge is 0.323 e. The van der Waals surface area contributed by atoms with E-state index >= 15 is 0 Å². The molecular formula is C8H18VY-2. The summed E-state index contributed by atoms with van der Waals surface area (Å²) in [6.07, 6.45) is 0. The topological polar surface area (TPSA) is 0 Å². The fraction of sp³-hybridized carbons (Fsp3) is 0.750. The Bertz CT molecular complexity index is 24.7. The Morgan fingerprint density at radius 3 is 0.600 bits per heavy atom.